The number of amides is 2. The number of hydrogen-bond donors (Lipinski definition) is 3. The van der Waals surface area contributed by atoms with Crippen LogP contribution in [0.15, 0.2) is 24.3 Å². The first kappa shape index (κ1) is 15.8. The summed E-state index contributed by atoms with van der Waals surface area (Å²) in [5, 5.41) is 14.2. The molecule has 0 unspecified atom stereocenters. The molecule has 0 saturated heterocycles. The summed E-state index contributed by atoms with van der Waals surface area (Å²) in [6.45, 7) is 5.24. The van der Waals surface area contributed by atoms with E-state index in [4.69, 9.17) is 9.84 Å². The summed E-state index contributed by atoms with van der Waals surface area (Å²) in [5.74, 6) is -0.571. The fourth-order valence-corrected chi connectivity index (χ4v) is 1.69. The number of carboxylic acids is 1. The first-order valence-corrected chi connectivity index (χ1v) is 6.19. The van der Waals surface area contributed by atoms with Crippen LogP contribution in [0.25, 0.3) is 0 Å². The predicted molar refractivity (Wildman–Crippen MR) is 76.0 cm³/mol. The molecule has 20 heavy (non-hydrogen) atoms. The summed E-state index contributed by atoms with van der Waals surface area (Å²) in [5.41, 5.74) is -0.116. The van der Waals surface area contributed by atoms with Crippen molar-refractivity contribution in [3.63, 3.8) is 0 Å². The third-order valence-electron chi connectivity index (χ3n) is 2.74. The van der Waals surface area contributed by atoms with Gasteiger partial charge < -0.3 is 20.5 Å². The van der Waals surface area contributed by atoms with Crippen LogP contribution < -0.4 is 15.4 Å². The molecule has 1 aromatic carbocycles. The average molecular weight is 280 g/mol. The number of carboxylic acid groups (broad SMARTS) is 1. The lowest BCUT2D eigenvalue weighted by atomic mass is 9.87. The van der Waals surface area contributed by atoms with E-state index < -0.39 is 23.5 Å². The molecule has 0 saturated carbocycles. The third-order valence-corrected chi connectivity index (χ3v) is 2.74. The van der Waals surface area contributed by atoms with Gasteiger partial charge in [-0.2, -0.15) is 0 Å². The minimum atomic E-state index is -1.08. The molecule has 6 nitrogen and oxygen atoms in total. The van der Waals surface area contributed by atoms with Gasteiger partial charge in [0.2, 0.25) is 0 Å². The lowest BCUT2D eigenvalue weighted by molar-refractivity contribution is -0.141. The molecule has 110 valence electrons. The van der Waals surface area contributed by atoms with E-state index in [9.17, 15) is 9.59 Å². The van der Waals surface area contributed by atoms with E-state index in [2.05, 4.69) is 10.6 Å². The van der Waals surface area contributed by atoms with Gasteiger partial charge in [0.1, 0.15) is 11.8 Å². The van der Waals surface area contributed by atoms with Crippen molar-refractivity contribution in [2.24, 2.45) is 5.41 Å². The number of rotatable bonds is 4. The molecule has 0 fully saturated rings. The summed E-state index contributed by atoms with van der Waals surface area (Å²) in [6.07, 6.45) is 0. The van der Waals surface area contributed by atoms with Crippen molar-refractivity contribution in [1.82, 2.24) is 5.32 Å². The molecule has 0 radical (unpaired) electrons. The number of aliphatic carboxylic acids is 1. The molecule has 0 aliphatic heterocycles. The van der Waals surface area contributed by atoms with Crippen LogP contribution in [0.1, 0.15) is 20.8 Å². The van der Waals surface area contributed by atoms with Crippen molar-refractivity contribution in [2.45, 2.75) is 26.8 Å². The third kappa shape index (κ3) is 4.15. The van der Waals surface area contributed by atoms with Gasteiger partial charge in [-0.05, 0) is 17.5 Å². The van der Waals surface area contributed by atoms with E-state index in [0.717, 1.165) is 0 Å². The van der Waals surface area contributed by atoms with Gasteiger partial charge in [-0.3, -0.25) is 0 Å². The number of carbonyl (C=O) groups is 2. The number of nitrogens with one attached hydrogen (secondary N) is 2. The Morgan fingerprint density at radius 1 is 1.25 bits per heavy atom. The molecule has 1 atom stereocenters. The quantitative estimate of drug-likeness (QED) is 0.789. The minimum Gasteiger partial charge on any atom is -0.495 e. The van der Waals surface area contributed by atoms with Gasteiger partial charge >= 0.3 is 12.0 Å². The van der Waals surface area contributed by atoms with Crippen LogP contribution in [-0.4, -0.2) is 30.3 Å². The Morgan fingerprint density at radius 3 is 2.35 bits per heavy atom. The van der Waals surface area contributed by atoms with Crippen molar-refractivity contribution < 1.29 is 19.4 Å². The number of carbonyl (C=O) groups excluding carboxylic acids is 1. The number of urea groups is 1. The molecule has 0 spiro atoms. The maximum atomic E-state index is 11.9. The molecule has 0 heterocycles. The normalized spacial score (nSPS) is 12.4. The maximum Gasteiger partial charge on any atom is 0.326 e. The topological polar surface area (TPSA) is 87.7 Å². The first-order valence-electron chi connectivity index (χ1n) is 6.19. The van der Waals surface area contributed by atoms with Gasteiger partial charge in [-0.15, -0.1) is 0 Å². The maximum absolute atomic E-state index is 11.9. The fourth-order valence-electron chi connectivity index (χ4n) is 1.69. The number of para-hydroxylation sites is 2. The summed E-state index contributed by atoms with van der Waals surface area (Å²) in [4.78, 5) is 23.1. The lowest BCUT2D eigenvalue weighted by Gasteiger charge is -2.27. The average Bonchev–Trinajstić information content (AvgIpc) is 2.35. The molecular formula is C14H20N2O4. The Labute approximate surface area is 118 Å². The minimum absolute atomic E-state index is 0.477. The highest BCUT2D eigenvalue weighted by molar-refractivity contribution is 5.93. The number of ether oxygens (including phenoxy) is 1. The zero-order valence-corrected chi connectivity index (χ0v) is 12.1. The molecule has 6 heteroatoms. The standard InChI is InChI=1S/C14H20N2O4/c1-14(2,3)11(12(17)18)16-13(19)15-9-7-5-6-8-10(9)20-4/h5-8,11H,1-4H3,(H,17,18)(H2,15,16,19)/t11-/m1/s1. The van der Waals surface area contributed by atoms with Crippen LogP contribution in [0.3, 0.4) is 0 Å². The van der Waals surface area contributed by atoms with Crippen LogP contribution in [-0.2, 0) is 4.79 Å². The van der Waals surface area contributed by atoms with Crippen LogP contribution >= 0.6 is 0 Å². The van der Waals surface area contributed by atoms with Crippen molar-refractivity contribution in [3.8, 4) is 5.75 Å². The highest BCUT2D eigenvalue weighted by Gasteiger charge is 2.32. The largest absolute Gasteiger partial charge is 0.495 e. The van der Waals surface area contributed by atoms with Crippen LogP contribution in [0.4, 0.5) is 10.5 Å². The second kappa shape index (κ2) is 6.27. The summed E-state index contributed by atoms with van der Waals surface area (Å²) in [6, 6.07) is 5.32. The SMILES string of the molecule is COc1ccccc1NC(=O)N[C@H](C(=O)O)C(C)(C)C. The first-order chi connectivity index (χ1) is 9.25. The molecule has 1 rings (SSSR count). The van der Waals surface area contributed by atoms with Gasteiger partial charge in [-0.1, -0.05) is 32.9 Å². The highest BCUT2D eigenvalue weighted by atomic mass is 16.5. The number of anilines is 1. The molecular weight excluding hydrogens is 260 g/mol. The Kier molecular flexibility index (Phi) is 4.96. The second-order valence-corrected chi connectivity index (χ2v) is 5.44. The zero-order chi connectivity index (χ0) is 15.3. The Balaban J connectivity index is 2.79. The lowest BCUT2D eigenvalue weighted by Crippen LogP contribution is -2.50. The number of hydrogen-bond acceptors (Lipinski definition) is 3. The van der Waals surface area contributed by atoms with E-state index in [1.807, 2.05) is 0 Å². The number of methoxy groups -OCH3 is 1. The van der Waals surface area contributed by atoms with Crippen molar-refractivity contribution >= 4 is 17.7 Å². The molecule has 3 N–H and O–H groups in total. The zero-order valence-electron chi connectivity index (χ0n) is 12.1. The van der Waals surface area contributed by atoms with Crippen LogP contribution in [0.2, 0.25) is 0 Å². The molecule has 0 aliphatic carbocycles. The summed E-state index contributed by atoms with van der Waals surface area (Å²) < 4.78 is 5.11. The fraction of sp³-hybridized carbons (Fsp3) is 0.429. The van der Waals surface area contributed by atoms with E-state index in [1.165, 1.54) is 7.11 Å². The molecule has 0 aliphatic rings. The van der Waals surface area contributed by atoms with E-state index in [1.54, 1.807) is 45.0 Å². The molecule has 1 aromatic rings. The van der Waals surface area contributed by atoms with Crippen molar-refractivity contribution in [2.75, 3.05) is 12.4 Å². The molecule has 0 aromatic heterocycles. The van der Waals surface area contributed by atoms with Crippen molar-refractivity contribution in [3.05, 3.63) is 24.3 Å². The predicted octanol–water partition coefficient (Wildman–Crippen LogP) is 2.32. The van der Waals surface area contributed by atoms with Gasteiger partial charge in [0.25, 0.3) is 0 Å². The highest BCUT2D eigenvalue weighted by Crippen LogP contribution is 2.23. The van der Waals surface area contributed by atoms with E-state index in [0.29, 0.717) is 11.4 Å². The Morgan fingerprint density at radius 2 is 1.85 bits per heavy atom. The van der Waals surface area contributed by atoms with Crippen LogP contribution in [0, 0.1) is 5.41 Å². The van der Waals surface area contributed by atoms with E-state index >= 15 is 0 Å². The van der Waals surface area contributed by atoms with Gasteiger partial charge in [0.05, 0.1) is 12.8 Å². The van der Waals surface area contributed by atoms with Crippen LogP contribution in [0.5, 0.6) is 5.75 Å². The monoisotopic (exact) mass is 280 g/mol. The van der Waals surface area contributed by atoms with Gasteiger partial charge in [0.15, 0.2) is 0 Å². The number of benzene rings is 1. The molecule has 0 bridgehead atoms. The Hall–Kier alpha value is -2.24. The Bertz CT molecular complexity index is 494. The smallest absolute Gasteiger partial charge is 0.326 e. The van der Waals surface area contributed by atoms with Crippen molar-refractivity contribution in [1.29, 1.82) is 0 Å². The van der Waals surface area contributed by atoms with E-state index in [-0.39, 0.29) is 0 Å². The van der Waals surface area contributed by atoms with Gasteiger partial charge in [0, 0.05) is 0 Å². The van der Waals surface area contributed by atoms with Gasteiger partial charge in [-0.25, -0.2) is 9.59 Å². The summed E-state index contributed by atoms with van der Waals surface area (Å²) >= 11 is 0. The summed E-state index contributed by atoms with van der Waals surface area (Å²) in [7, 11) is 1.49. The second-order valence-electron chi connectivity index (χ2n) is 5.44. The molecule has 2 amide bonds.